The molecule has 0 atom stereocenters. The number of hydrogen-bond donors (Lipinski definition) is 0. The quantitative estimate of drug-likeness (QED) is 0.842. The molecular weight excluding hydrogens is 256 g/mol. The molecule has 1 saturated heterocycles. The third-order valence-electron chi connectivity index (χ3n) is 3.41. The largest absolute Gasteiger partial charge is 0.408 e. The molecule has 0 bridgehead atoms. The van der Waals surface area contributed by atoms with Gasteiger partial charge in [0.15, 0.2) is 0 Å². The second-order valence-electron chi connectivity index (χ2n) is 6.04. The van der Waals surface area contributed by atoms with Gasteiger partial charge in [-0.25, -0.2) is 0 Å². The molecule has 1 aromatic heterocycles. The highest BCUT2D eigenvalue weighted by molar-refractivity contribution is 5.76. The number of anilines is 1. The van der Waals surface area contributed by atoms with Crippen LogP contribution in [0.1, 0.15) is 45.9 Å². The van der Waals surface area contributed by atoms with Crippen molar-refractivity contribution in [2.24, 2.45) is 5.92 Å². The smallest absolute Gasteiger partial charge is 0.318 e. The number of piperazine rings is 1. The molecule has 1 fully saturated rings. The van der Waals surface area contributed by atoms with E-state index in [1.54, 1.807) is 0 Å². The normalized spacial score (nSPS) is 16.3. The van der Waals surface area contributed by atoms with E-state index in [4.69, 9.17) is 4.42 Å². The summed E-state index contributed by atoms with van der Waals surface area (Å²) in [7, 11) is 0. The molecule has 0 aliphatic carbocycles. The third kappa shape index (κ3) is 3.49. The fourth-order valence-electron chi connectivity index (χ4n) is 2.21. The number of carbonyl (C=O) groups excluding carboxylic acids is 1. The summed E-state index contributed by atoms with van der Waals surface area (Å²) in [5.41, 5.74) is 0. The summed E-state index contributed by atoms with van der Waals surface area (Å²) in [5.74, 6) is 1.56. The molecule has 2 rings (SSSR count). The van der Waals surface area contributed by atoms with Crippen LogP contribution in [-0.4, -0.2) is 47.2 Å². The van der Waals surface area contributed by atoms with E-state index in [9.17, 15) is 4.79 Å². The molecule has 1 aromatic rings. The van der Waals surface area contributed by atoms with Gasteiger partial charge in [-0.05, 0) is 5.92 Å². The van der Waals surface area contributed by atoms with Crippen molar-refractivity contribution in [3.05, 3.63) is 5.89 Å². The van der Waals surface area contributed by atoms with E-state index in [2.05, 4.69) is 28.9 Å². The Labute approximate surface area is 120 Å². The van der Waals surface area contributed by atoms with Gasteiger partial charge in [0, 0.05) is 38.5 Å². The second kappa shape index (κ2) is 6.24. The van der Waals surface area contributed by atoms with Crippen LogP contribution in [0.5, 0.6) is 0 Å². The van der Waals surface area contributed by atoms with Crippen LogP contribution < -0.4 is 4.90 Å². The average molecular weight is 280 g/mol. The van der Waals surface area contributed by atoms with Gasteiger partial charge in [-0.2, -0.15) is 0 Å². The number of amides is 1. The first-order valence-corrected chi connectivity index (χ1v) is 7.33. The Morgan fingerprint density at radius 3 is 2.30 bits per heavy atom. The number of nitrogens with zero attached hydrogens (tertiary/aromatic N) is 4. The van der Waals surface area contributed by atoms with E-state index in [1.165, 1.54) is 0 Å². The summed E-state index contributed by atoms with van der Waals surface area (Å²) in [4.78, 5) is 16.0. The maximum Gasteiger partial charge on any atom is 0.318 e. The van der Waals surface area contributed by atoms with Crippen molar-refractivity contribution in [2.75, 3.05) is 31.1 Å². The number of hydrogen-bond acceptors (Lipinski definition) is 5. The van der Waals surface area contributed by atoms with Crippen LogP contribution in [0.25, 0.3) is 0 Å². The van der Waals surface area contributed by atoms with E-state index >= 15 is 0 Å². The van der Waals surface area contributed by atoms with E-state index < -0.39 is 0 Å². The Kier molecular flexibility index (Phi) is 4.62. The van der Waals surface area contributed by atoms with Crippen LogP contribution in [0, 0.1) is 5.92 Å². The maximum atomic E-state index is 12.0. The van der Waals surface area contributed by atoms with Gasteiger partial charge in [0.05, 0.1) is 0 Å². The monoisotopic (exact) mass is 280 g/mol. The number of aromatic nitrogens is 2. The maximum absolute atomic E-state index is 12.0. The summed E-state index contributed by atoms with van der Waals surface area (Å²) < 4.78 is 5.65. The summed E-state index contributed by atoms with van der Waals surface area (Å²) in [6, 6.07) is 0.574. The predicted molar refractivity (Wildman–Crippen MR) is 76.6 cm³/mol. The Hall–Kier alpha value is -1.59. The van der Waals surface area contributed by atoms with Gasteiger partial charge in [-0.3, -0.25) is 4.79 Å². The highest BCUT2D eigenvalue weighted by atomic mass is 16.4. The highest BCUT2D eigenvalue weighted by Crippen LogP contribution is 2.19. The van der Waals surface area contributed by atoms with Crippen molar-refractivity contribution >= 4 is 11.9 Å². The van der Waals surface area contributed by atoms with Crippen molar-refractivity contribution in [3.8, 4) is 0 Å². The van der Waals surface area contributed by atoms with Gasteiger partial charge in [-0.1, -0.05) is 32.8 Å². The topological polar surface area (TPSA) is 62.5 Å². The van der Waals surface area contributed by atoms with Gasteiger partial charge in [0.2, 0.25) is 11.8 Å². The standard InChI is InChI=1S/C14H24N4O2/c1-10(2)9-12(19)17-5-7-18(8-6-17)14-16-15-13(20-14)11(3)4/h10-11H,5-9H2,1-4H3. The predicted octanol–water partition coefficient (Wildman–Crippen LogP) is 1.89. The van der Waals surface area contributed by atoms with Crippen molar-refractivity contribution in [3.63, 3.8) is 0 Å². The van der Waals surface area contributed by atoms with E-state index in [1.807, 2.05) is 18.7 Å². The van der Waals surface area contributed by atoms with Crippen LogP contribution in [-0.2, 0) is 4.79 Å². The van der Waals surface area contributed by atoms with E-state index in [-0.39, 0.29) is 11.8 Å². The highest BCUT2D eigenvalue weighted by Gasteiger charge is 2.24. The minimum absolute atomic E-state index is 0.241. The van der Waals surface area contributed by atoms with Crippen LogP contribution in [0.15, 0.2) is 4.42 Å². The number of rotatable bonds is 4. The van der Waals surface area contributed by atoms with Crippen LogP contribution in [0.2, 0.25) is 0 Å². The van der Waals surface area contributed by atoms with Crippen molar-refractivity contribution in [1.29, 1.82) is 0 Å². The molecule has 1 aliphatic heterocycles. The molecule has 1 amide bonds. The lowest BCUT2D eigenvalue weighted by Crippen LogP contribution is -2.49. The Morgan fingerprint density at radius 2 is 1.80 bits per heavy atom. The lowest BCUT2D eigenvalue weighted by atomic mass is 10.1. The Balaban J connectivity index is 1.88. The van der Waals surface area contributed by atoms with Gasteiger partial charge >= 0.3 is 6.01 Å². The molecule has 6 heteroatoms. The van der Waals surface area contributed by atoms with Crippen LogP contribution >= 0.6 is 0 Å². The molecule has 6 nitrogen and oxygen atoms in total. The Morgan fingerprint density at radius 1 is 1.15 bits per heavy atom. The first kappa shape index (κ1) is 14.8. The van der Waals surface area contributed by atoms with Crippen molar-refractivity contribution < 1.29 is 9.21 Å². The SMILES string of the molecule is CC(C)CC(=O)N1CCN(c2nnc(C(C)C)o2)CC1. The molecular formula is C14H24N4O2. The first-order valence-electron chi connectivity index (χ1n) is 7.33. The lowest BCUT2D eigenvalue weighted by Gasteiger charge is -2.34. The molecule has 0 aromatic carbocycles. The molecule has 0 saturated carbocycles. The first-order chi connectivity index (χ1) is 9.47. The fourth-order valence-corrected chi connectivity index (χ4v) is 2.21. The van der Waals surface area contributed by atoms with Gasteiger partial charge < -0.3 is 14.2 Å². The molecule has 0 N–H and O–H groups in total. The zero-order valence-electron chi connectivity index (χ0n) is 12.8. The third-order valence-corrected chi connectivity index (χ3v) is 3.41. The van der Waals surface area contributed by atoms with E-state index in [0.717, 1.165) is 26.2 Å². The summed E-state index contributed by atoms with van der Waals surface area (Å²) >= 11 is 0. The minimum atomic E-state index is 0.241. The zero-order valence-corrected chi connectivity index (χ0v) is 12.8. The fraction of sp³-hybridized carbons (Fsp3) is 0.786. The zero-order chi connectivity index (χ0) is 14.7. The summed E-state index contributed by atoms with van der Waals surface area (Å²) in [6.07, 6.45) is 0.623. The molecule has 0 radical (unpaired) electrons. The second-order valence-corrected chi connectivity index (χ2v) is 6.04. The Bertz CT molecular complexity index is 448. The molecule has 112 valence electrons. The summed E-state index contributed by atoms with van der Waals surface area (Å²) in [6.45, 7) is 11.2. The molecule has 1 aliphatic rings. The molecule has 2 heterocycles. The average Bonchev–Trinajstić information content (AvgIpc) is 2.88. The van der Waals surface area contributed by atoms with Crippen LogP contribution in [0.3, 0.4) is 0 Å². The van der Waals surface area contributed by atoms with Crippen molar-refractivity contribution in [2.45, 2.75) is 40.0 Å². The molecule has 0 unspecified atom stereocenters. The van der Waals surface area contributed by atoms with Gasteiger partial charge in [-0.15, -0.1) is 5.10 Å². The van der Waals surface area contributed by atoms with E-state index in [0.29, 0.717) is 24.2 Å². The van der Waals surface area contributed by atoms with Crippen molar-refractivity contribution in [1.82, 2.24) is 15.1 Å². The summed E-state index contributed by atoms with van der Waals surface area (Å²) in [5, 5.41) is 8.13. The molecule has 0 spiro atoms. The minimum Gasteiger partial charge on any atom is -0.408 e. The lowest BCUT2D eigenvalue weighted by molar-refractivity contribution is -0.132. The van der Waals surface area contributed by atoms with Gasteiger partial charge in [0.1, 0.15) is 0 Å². The molecule has 20 heavy (non-hydrogen) atoms. The number of carbonyl (C=O) groups is 1. The van der Waals surface area contributed by atoms with Crippen LogP contribution in [0.4, 0.5) is 6.01 Å². The van der Waals surface area contributed by atoms with Gasteiger partial charge in [0.25, 0.3) is 0 Å².